The maximum atomic E-state index is 12.6. The van der Waals surface area contributed by atoms with E-state index in [1.165, 1.54) is 25.7 Å². The van der Waals surface area contributed by atoms with Crippen LogP contribution in [0, 0.1) is 0 Å². The van der Waals surface area contributed by atoms with Crippen molar-refractivity contribution in [2.24, 2.45) is 0 Å². The van der Waals surface area contributed by atoms with Crippen molar-refractivity contribution in [1.82, 2.24) is 0 Å². The summed E-state index contributed by atoms with van der Waals surface area (Å²) in [6, 6.07) is 0. The van der Waals surface area contributed by atoms with E-state index in [-0.39, 0.29) is 26.1 Å². The molecule has 0 aromatic rings. The monoisotopic (exact) mass is 773 g/mol. The molecule has 2 unspecified atom stereocenters. The maximum absolute atomic E-state index is 12.6. The standard InChI is InChI=1S/C44H72NO8P/c1-6-8-10-12-14-16-18-20-21-22-23-25-26-28-30-32-34-36-43(46)50-40-42(41-52-54(48,49)51-39-38-45(3,4)5)53-44(47)37-35-33-31-29-27-24-19-17-15-13-11-9-7-2/h9,11,13-17,19-21,23-25,27-28,30,42H,6-8,10,12,18,22,26,29,31-41H2,1-5H3/b11-9+,15-13+,16-14+,19-17+,21-20+,25-23+,27-24+,30-28+. The van der Waals surface area contributed by atoms with Crippen molar-refractivity contribution in [1.29, 1.82) is 0 Å². The third-order valence-electron chi connectivity index (χ3n) is 7.68. The molecular formula is C44H72NO8P. The highest BCUT2D eigenvalue weighted by Crippen LogP contribution is 2.38. The molecule has 0 aromatic heterocycles. The predicted octanol–water partition coefficient (Wildman–Crippen LogP) is 10.4. The summed E-state index contributed by atoms with van der Waals surface area (Å²) in [5.41, 5.74) is 0. The average Bonchev–Trinajstić information content (AvgIpc) is 3.12. The van der Waals surface area contributed by atoms with Gasteiger partial charge in [0.1, 0.15) is 19.8 Å². The molecule has 0 amide bonds. The Hall–Kier alpha value is -3.07. The number of esters is 2. The molecule has 0 bridgehead atoms. The Morgan fingerprint density at radius 2 is 1.15 bits per heavy atom. The highest BCUT2D eigenvalue weighted by atomic mass is 31.2. The molecule has 0 saturated carbocycles. The van der Waals surface area contributed by atoms with E-state index < -0.39 is 32.5 Å². The Balaban J connectivity index is 4.59. The number of hydrogen-bond acceptors (Lipinski definition) is 8. The van der Waals surface area contributed by atoms with E-state index in [0.29, 0.717) is 23.9 Å². The van der Waals surface area contributed by atoms with Crippen molar-refractivity contribution < 1.29 is 42.1 Å². The lowest BCUT2D eigenvalue weighted by Crippen LogP contribution is -2.37. The smallest absolute Gasteiger partial charge is 0.306 e. The zero-order valence-corrected chi connectivity index (χ0v) is 35.0. The Kier molecular flexibility index (Phi) is 33.6. The second-order valence-corrected chi connectivity index (χ2v) is 15.4. The van der Waals surface area contributed by atoms with E-state index in [9.17, 15) is 19.0 Å². The van der Waals surface area contributed by atoms with Crippen LogP contribution in [0.5, 0.6) is 0 Å². The molecule has 0 aromatic carbocycles. The van der Waals surface area contributed by atoms with Crippen LogP contribution in [0.2, 0.25) is 0 Å². The fourth-order valence-corrected chi connectivity index (χ4v) is 5.27. The van der Waals surface area contributed by atoms with Gasteiger partial charge < -0.3 is 27.9 Å². The second kappa shape index (κ2) is 35.6. The van der Waals surface area contributed by atoms with Crippen LogP contribution < -0.4 is 4.89 Å². The quantitative estimate of drug-likeness (QED) is 0.0159. The lowest BCUT2D eigenvalue weighted by Gasteiger charge is -2.28. The Morgan fingerprint density at radius 1 is 0.611 bits per heavy atom. The first-order valence-corrected chi connectivity index (χ1v) is 21.5. The molecule has 0 rings (SSSR count). The number of quaternary nitrogens is 1. The number of likely N-dealkylation sites (N-methyl/N-ethyl adjacent to an activating group) is 1. The van der Waals surface area contributed by atoms with Crippen LogP contribution in [0.4, 0.5) is 0 Å². The maximum Gasteiger partial charge on any atom is 0.306 e. The van der Waals surface area contributed by atoms with Gasteiger partial charge in [-0.05, 0) is 70.6 Å². The summed E-state index contributed by atoms with van der Waals surface area (Å²) in [5.74, 6) is -0.960. The van der Waals surface area contributed by atoms with Gasteiger partial charge in [-0.2, -0.15) is 0 Å². The zero-order valence-electron chi connectivity index (χ0n) is 34.1. The van der Waals surface area contributed by atoms with E-state index in [1.54, 1.807) is 0 Å². The topological polar surface area (TPSA) is 111 Å². The molecule has 2 atom stereocenters. The normalized spacial score (nSPS) is 14.7. The molecule has 54 heavy (non-hydrogen) atoms. The fraction of sp³-hybridized carbons (Fsp3) is 0.591. The average molecular weight is 774 g/mol. The highest BCUT2D eigenvalue weighted by Gasteiger charge is 2.21. The fourth-order valence-electron chi connectivity index (χ4n) is 4.54. The minimum atomic E-state index is -4.65. The van der Waals surface area contributed by atoms with Gasteiger partial charge >= 0.3 is 11.9 Å². The Morgan fingerprint density at radius 3 is 1.76 bits per heavy atom. The number of allylic oxidation sites excluding steroid dienone is 16. The van der Waals surface area contributed by atoms with Crippen molar-refractivity contribution >= 4 is 19.8 Å². The van der Waals surface area contributed by atoms with Crippen LogP contribution in [0.15, 0.2) is 97.2 Å². The van der Waals surface area contributed by atoms with Crippen LogP contribution in [0.1, 0.15) is 117 Å². The van der Waals surface area contributed by atoms with Gasteiger partial charge in [0.15, 0.2) is 6.10 Å². The Labute approximate surface area is 328 Å². The summed E-state index contributed by atoms with van der Waals surface area (Å²) in [4.78, 5) is 37.4. The second-order valence-electron chi connectivity index (χ2n) is 14.0. The molecule has 0 fully saturated rings. The van der Waals surface area contributed by atoms with Crippen LogP contribution in [0.3, 0.4) is 0 Å². The molecule has 9 nitrogen and oxygen atoms in total. The van der Waals surface area contributed by atoms with E-state index in [2.05, 4.69) is 68.5 Å². The molecule has 10 heteroatoms. The molecule has 0 spiro atoms. The van der Waals surface area contributed by atoms with Crippen molar-refractivity contribution in [2.75, 3.05) is 47.5 Å². The molecule has 0 aliphatic heterocycles. The van der Waals surface area contributed by atoms with Gasteiger partial charge in [-0.25, -0.2) is 0 Å². The van der Waals surface area contributed by atoms with Crippen LogP contribution in [-0.4, -0.2) is 70.0 Å². The largest absolute Gasteiger partial charge is 0.756 e. The summed E-state index contributed by atoms with van der Waals surface area (Å²) < 4.78 is 33.7. The number of rotatable bonds is 34. The van der Waals surface area contributed by atoms with Gasteiger partial charge in [-0.15, -0.1) is 0 Å². The molecule has 0 aliphatic rings. The lowest BCUT2D eigenvalue weighted by molar-refractivity contribution is -0.870. The third kappa shape index (κ3) is 38.6. The number of hydrogen-bond donors (Lipinski definition) is 0. The number of phosphoric ester groups is 1. The van der Waals surface area contributed by atoms with Crippen molar-refractivity contribution in [2.45, 2.75) is 123 Å². The van der Waals surface area contributed by atoms with Gasteiger partial charge in [0, 0.05) is 12.8 Å². The van der Waals surface area contributed by atoms with E-state index in [4.69, 9.17) is 18.5 Å². The highest BCUT2D eigenvalue weighted by molar-refractivity contribution is 7.45. The number of carbonyl (C=O) groups is 2. The summed E-state index contributed by atoms with van der Waals surface area (Å²) in [5, 5.41) is 0. The number of carbonyl (C=O) groups excluding carboxylic acids is 2. The first-order valence-electron chi connectivity index (χ1n) is 20.0. The van der Waals surface area contributed by atoms with Gasteiger partial charge in [0.05, 0.1) is 27.7 Å². The minimum absolute atomic E-state index is 0.0532. The molecule has 0 heterocycles. The number of phosphoric acid groups is 1. The van der Waals surface area contributed by atoms with Gasteiger partial charge in [0.2, 0.25) is 0 Å². The SMILES string of the molecule is CC/C=C/C=C/C=C/C=C/CCCCCC(=O)OC(COC(=O)CCC/C=C/C/C=C/C/C=C/C/C=C/CCCCC)COP(=O)([O-])OCC[N+](C)(C)C. The number of unbranched alkanes of at least 4 members (excludes halogenated alkanes) is 7. The van der Waals surface area contributed by atoms with Crippen LogP contribution in [-0.2, 0) is 32.7 Å². The molecule has 0 N–H and O–H groups in total. The van der Waals surface area contributed by atoms with Gasteiger partial charge in [0.25, 0.3) is 7.82 Å². The summed E-state index contributed by atoms with van der Waals surface area (Å²) >= 11 is 0. The lowest BCUT2D eigenvalue weighted by atomic mass is 10.1. The molecular weight excluding hydrogens is 701 g/mol. The summed E-state index contributed by atoms with van der Waals surface area (Å²) in [7, 11) is 1.09. The van der Waals surface area contributed by atoms with Gasteiger partial charge in [-0.1, -0.05) is 130 Å². The number of nitrogens with zero attached hydrogens (tertiary/aromatic N) is 1. The summed E-state index contributed by atoms with van der Waals surface area (Å²) in [6.45, 7) is 3.90. The van der Waals surface area contributed by atoms with Crippen molar-refractivity contribution in [3.8, 4) is 0 Å². The molecule has 0 radical (unpaired) electrons. The zero-order chi connectivity index (χ0) is 40.0. The Bertz CT molecular complexity index is 1240. The van der Waals surface area contributed by atoms with E-state index in [1.807, 2.05) is 63.7 Å². The van der Waals surface area contributed by atoms with Crippen LogP contribution in [0.25, 0.3) is 0 Å². The van der Waals surface area contributed by atoms with Crippen molar-refractivity contribution in [3.63, 3.8) is 0 Å². The predicted molar refractivity (Wildman–Crippen MR) is 222 cm³/mol. The van der Waals surface area contributed by atoms with Crippen molar-refractivity contribution in [3.05, 3.63) is 97.2 Å². The first kappa shape index (κ1) is 50.9. The number of ether oxygens (including phenoxy) is 2. The van der Waals surface area contributed by atoms with E-state index in [0.717, 1.165) is 51.4 Å². The first-order chi connectivity index (χ1) is 26.0. The molecule has 0 aliphatic carbocycles. The third-order valence-corrected chi connectivity index (χ3v) is 8.65. The van der Waals surface area contributed by atoms with Crippen LogP contribution >= 0.6 is 7.82 Å². The van der Waals surface area contributed by atoms with Gasteiger partial charge in [-0.3, -0.25) is 14.2 Å². The minimum Gasteiger partial charge on any atom is -0.756 e. The molecule has 306 valence electrons. The van der Waals surface area contributed by atoms with E-state index >= 15 is 0 Å². The molecule has 0 saturated heterocycles. The summed E-state index contributed by atoms with van der Waals surface area (Å²) in [6.07, 6.45) is 45.9.